The molecular weight excluding hydrogens is 260 g/mol. The first-order valence-corrected chi connectivity index (χ1v) is 8.33. The maximum Gasteiger partial charge on any atom is 0.218 e. The largest absolute Gasteiger partial charge is 0.399 e. The first-order chi connectivity index (χ1) is 8.88. The van der Waals surface area contributed by atoms with Crippen molar-refractivity contribution in [3.63, 3.8) is 0 Å². The molecular formula is C14H22N2O2S. The highest BCUT2D eigenvalue weighted by atomic mass is 32.2. The number of hydrogen-bond donors (Lipinski definition) is 1. The van der Waals surface area contributed by atoms with Crippen molar-refractivity contribution >= 4 is 15.7 Å². The highest BCUT2D eigenvalue weighted by Crippen LogP contribution is 2.31. The molecule has 0 atom stereocenters. The molecule has 0 radical (unpaired) electrons. The van der Waals surface area contributed by atoms with Crippen LogP contribution in [0.4, 0.5) is 5.69 Å². The lowest BCUT2D eigenvalue weighted by Crippen LogP contribution is -2.36. The lowest BCUT2D eigenvalue weighted by atomic mass is 10.2. The van der Waals surface area contributed by atoms with E-state index in [0.29, 0.717) is 18.2 Å². The van der Waals surface area contributed by atoms with Gasteiger partial charge in [0.15, 0.2) is 0 Å². The third-order valence-electron chi connectivity index (χ3n) is 3.19. The number of rotatable bonds is 6. The summed E-state index contributed by atoms with van der Waals surface area (Å²) in [5, 5.41) is 0. The van der Waals surface area contributed by atoms with E-state index in [-0.39, 0.29) is 11.8 Å². The van der Waals surface area contributed by atoms with Gasteiger partial charge in [-0.2, -0.15) is 4.31 Å². The number of nitrogens with zero attached hydrogens (tertiary/aromatic N) is 1. The first-order valence-electron chi connectivity index (χ1n) is 6.72. The molecule has 1 aromatic rings. The Kier molecular flexibility index (Phi) is 4.16. The van der Waals surface area contributed by atoms with Gasteiger partial charge in [-0.05, 0) is 36.5 Å². The predicted octanol–water partition coefficient (Wildman–Crippen LogP) is 2.22. The van der Waals surface area contributed by atoms with Gasteiger partial charge in [0, 0.05) is 18.3 Å². The SMILES string of the molecule is CC(C)CN(C1CC1)S(=O)(=O)Cc1ccc(N)cc1. The van der Waals surface area contributed by atoms with Crippen LogP contribution in [0.1, 0.15) is 32.3 Å². The number of nitrogens with two attached hydrogens (primary N) is 1. The van der Waals surface area contributed by atoms with Crippen LogP contribution in [0.25, 0.3) is 0 Å². The second-order valence-electron chi connectivity index (χ2n) is 5.69. The van der Waals surface area contributed by atoms with Gasteiger partial charge in [-0.3, -0.25) is 0 Å². The Morgan fingerprint density at radius 1 is 1.26 bits per heavy atom. The molecule has 19 heavy (non-hydrogen) atoms. The van der Waals surface area contributed by atoms with Gasteiger partial charge in [0.25, 0.3) is 0 Å². The van der Waals surface area contributed by atoms with Crippen LogP contribution in [0.15, 0.2) is 24.3 Å². The average Bonchev–Trinajstić information content (AvgIpc) is 3.12. The molecule has 0 spiro atoms. The van der Waals surface area contributed by atoms with E-state index in [0.717, 1.165) is 18.4 Å². The molecule has 5 heteroatoms. The molecule has 0 unspecified atom stereocenters. The maximum absolute atomic E-state index is 12.5. The molecule has 1 aliphatic carbocycles. The summed E-state index contributed by atoms with van der Waals surface area (Å²) in [5.74, 6) is 0.415. The molecule has 106 valence electrons. The Bertz CT molecular complexity index is 519. The van der Waals surface area contributed by atoms with Crippen molar-refractivity contribution in [2.45, 2.75) is 38.5 Å². The smallest absolute Gasteiger partial charge is 0.218 e. The highest BCUT2D eigenvalue weighted by molar-refractivity contribution is 7.88. The first kappa shape index (κ1) is 14.3. The molecule has 1 aromatic carbocycles. The van der Waals surface area contributed by atoms with Crippen molar-refractivity contribution in [1.82, 2.24) is 4.31 Å². The summed E-state index contributed by atoms with van der Waals surface area (Å²) in [6.45, 7) is 4.71. The summed E-state index contributed by atoms with van der Waals surface area (Å²) in [7, 11) is -3.23. The van der Waals surface area contributed by atoms with Crippen molar-refractivity contribution in [3.05, 3.63) is 29.8 Å². The predicted molar refractivity (Wildman–Crippen MR) is 78.0 cm³/mol. The van der Waals surface area contributed by atoms with E-state index in [4.69, 9.17) is 5.73 Å². The maximum atomic E-state index is 12.5. The van der Waals surface area contributed by atoms with Gasteiger partial charge in [0.1, 0.15) is 0 Å². The second kappa shape index (κ2) is 5.51. The Morgan fingerprint density at radius 3 is 2.32 bits per heavy atom. The number of nitrogen functional groups attached to an aromatic ring is 1. The van der Waals surface area contributed by atoms with Gasteiger partial charge in [0.05, 0.1) is 5.75 Å². The van der Waals surface area contributed by atoms with Crippen molar-refractivity contribution < 1.29 is 8.42 Å². The topological polar surface area (TPSA) is 63.4 Å². The molecule has 1 fully saturated rings. The number of anilines is 1. The number of sulfonamides is 1. The van der Waals surface area contributed by atoms with E-state index in [1.165, 1.54) is 0 Å². The van der Waals surface area contributed by atoms with Gasteiger partial charge in [0.2, 0.25) is 10.0 Å². The van der Waals surface area contributed by atoms with E-state index in [2.05, 4.69) is 0 Å². The molecule has 2 rings (SSSR count). The molecule has 0 bridgehead atoms. The quantitative estimate of drug-likeness (QED) is 0.814. The van der Waals surface area contributed by atoms with Crippen LogP contribution in [0.2, 0.25) is 0 Å². The lowest BCUT2D eigenvalue weighted by molar-refractivity contribution is 0.359. The second-order valence-corrected chi connectivity index (χ2v) is 7.61. The zero-order valence-corrected chi connectivity index (χ0v) is 12.4. The summed E-state index contributed by atoms with van der Waals surface area (Å²) < 4.78 is 26.7. The summed E-state index contributed by atoms with van der Waals surface area (Å²) in [6.07, 6.45) is 1.99. The van der Waals surface area contributed by atoms with Gasteiger partial charge >= 0.3 is 0 Å². The van der Waals surface area contributed by atoms with Crippen molar-refractivity contribution in [3.8, 4) is 0 Å². The minimum absolute atomic E-state index is 0.0660. The lowest BCUT2D eigenvalue weighted by Gasteiger charge is -2.23. The molecule has 2 N–H and O–H groups in total. The van der Waals surface area contributed by atoms with Crippen molar-refractivity contribution in [2.75, 3.05) is 12.3 Å². The van der Waals surface area contributed by atoms with Gasteiger partial charge < -0.3 is 5.73 Å². The average molecular weight is 282 g/mol. The Labute approximate surface area is 115 Å². The molecule has 0 amide bonds. The normalized spacial score (nSPS) is 16.2. The zero-order valence-electron chi connectivity index (χ0n) is 11.5. The minimum atomic E-state index is -3.23. The van der Waals surface area contributed by atoms with Crippen LogP contribution in [0, 0.1) is 5.92 Å². The fourth-order valence-electron chi connectivity index (χ4n) is 2.12. The Hall–Kier alpha value is -1.07. The minimum Gasteiger partial charge on any atom is -0.399 e. The third kappa shape index (κ3) is 3.94. The van der Waals surface area contributed by atoms with E-state index in [9.17, 15) is 8.42 Å². The summed E-state index contributed by atoms with van der Waals surface area (Å²) >= 11 is 0. The van der Waals surface area contributed by atoms with Gasteiger partial charge in [-0.15, -0.1) is 0 Å². The Morgan fingerprint density at radius 2 is 1.84 bits per heavy atom. The molecule has 0 aromatic heterocycles. The monoisotopic (exact) mass is 282 g/mol. The van der Waals surface area contributed by atoms with Crippen LogP contribution in [-0.4, -0.2) is 25.3 Å². The number of hydrogen-bond acceptors (Lipinski definition) is 3. The van der Waals surface area contributed by atoms with E-state index >= 15 is 0 Å². The fourth-order valence-corrected chi connectivity index (χ4v) is 4.09. The van der Waals surface area contributed by atoms with E-state index < -0.39 is 10.0 Å². The van der Waals surface area contributed by atoms with E-state index in [1.807, 2.05) is 13.8 Å². The molecule has 4 nitrogen and oxygen atoms in total. The number of benzene rings is 1. The van der Waals surface area contributed by atoms with Gasteiger partial charge in [-0.1, -0.05) is 26.0 Å². The van der Waals surface area contributed by atoms with Crippen molar-refractivity contribution in [2.24, 2.45) is 5.92 Å². The molecule has 1 aliphatic rings. The Balaban J connectivity index is 2.13. The summed E-state index contributed by atoms with van der Waals surface area (Å²) in [6, 6.07) is 7.28. The van der Waals surface area contributed by atoms with Crippen LogP contribution in [0.3, 0.4) is 0 Å². The van der Waals surface area contributed by atoms with Crippen LogP contribution < -0.4 is 5.73 Å². The summed E-state index contributed by atoms with van der Waals surface area (Å²) in [5.41, 5.74) is 7.06. The molecule has 1 saturated carbocycles. The zero-order chi connectivity index (χ0) is 14.0. The van der Waals surface area contributed by atoms with Gasteiger partial charge in [-0.25, -0.2) is 8.42 Å². The molecule has 0 heterocycles. The van der Waals surface area contributed by atoms with E-state index in [1.54, 1.807) is 28.6 Å². The summed E-state index contributed by atoms with van der Waals surface area (Å²) in [4.78, 5) is 0. The van der Waals surface area contributed by atoms with Crippen LogP contribution in [-0.2, 0) is 15.8 Å². The standard InChI is InChI=1S/C14H22N2O2S/c1-11(2)9-16(14-7-8-14)19(17,18)10-12-3-5-13(15)6-4-12/h3-6,11,14H,7-10,15H2,1-2H3. The third-order valence-corrected chi connectivity index (χ3v) is 5.05. The highest BCUT2D eigenvalue weighted by Gasteiger charge is 2.37. The molecule has 0 saturated heterocycles. The fraction of sp³-hybridized carbons (Fsp3) is 0.571. The van der Waals surface area contributed by atoms with Crippen LogP contribution in [0.5, 0.6) is 0 Å². The van der Waals surface area contributed by atoms with Crippen molar-refractivity contribution in [1.29, 1.82) is 0 Å². The van der Waals surface area contributed by atoms with Crippen LogP contribution >= 0.6 is 0 Å². The molecule has 0 aliphatic heterocycles.